The summed E-state index contributed by atoms with van der Waals surface area (Å²) < 4.78 is 28.5. The maximum atomic E-state index is 11.6. The maximum absolute atomic E-state index is 11.6. The van der Waals surface area contributed by atoms with E-state index < -0.39 is 9.84 Å². The molecule has 1 fully saturated rings. The van der Waals surface area contributed by atoms with E-state index in [0.717, 1.165) is 0 Å². The minimum Gasteiger partial charge on any atom is -0.374 e. The average molecular weight is 320 g/mol. The van der Waals surface area contributed by atoms with Gasteiger partial charge >= 0.3 is 0 Å². The van der Waals surface area contributed by atoms with Gasteiger partial charge in [-0.25, -0.2) is 18.4 Å². The largest absolute Gasteiger partial charge is 0.374 e. The average Bonchev–Trinajstić information content (AvgIpc) is 2.34. The van der Waals surface area contributed by atoms with Crippen LogP contribution in [0.4, 0.5) is 5.82 Å². The summed E-state index contributed by atoms with van der Waals surface area (Å²) in [5, 5.41) is 0.338. The Kier molecular flexibility index (Phi) is 4.82. The third-order valence-electron chi connectivity index (χ3n) is 3.13. The molecule has 112 valence electrons. The summed E-state index contributed by atoms with van der Waals surface area (Å²) in [5.41, 5.74) is 0. The van der Waals surface area contributed by atoms with E-state index in [-0.39, 0.29) is 17.5 Å². The summed E-state index contributed by atoms with van der Waals surface area (Å²) >= 11 is 6.00. The maximum Gasteiger partial charge on any atom is 0.158 e. The molecule has 1 saturated heterocycles. The Morgan fingerprint density at radius 3 is 2.90 bits per heavy atom. The number of halogens is 1. The lowest BCUT2D eigenvalue weighted by atomic mass is 10.3. The van der Waals surface area contributed by atoms with Crippen LogP contribution in [0.25, 0.3) is 0 Å². The van der Waals surface area contributed by atoms with Gasteiger partial charge in [-0.3, -0.25) is 0 Å². The molecule has 6 nitrogen and oxygen atoms in total. The first kappa shape index (κ1) is 15.5. The zero-order valence-electron chi connectivity index (χ0n) is 11.5. The van der Waals surface area contributed by atoms with E-state index >= 15 is 0 Å². The third-order valence-corrected chi connectivity index (χ3v) is 5.12. The molecule has 1 aliphatic heterocycles. The highest BCUT2D eigenvalue weighted by atomic mass is 35.5. The number of rotatable bonds is 4. The van der Waals surface area contributed by atoms with Gasteiger partial charge in [-0.05, 0) is 13.8 Å². The zero-order chi connectivity index (χ0) is 14.8. The van der Waals surface area contributed by atoms with Crippen LogP contribution in [0.15, 0.2) is 6.07 Å². The predicted molar refractivity (Wildman–Crippen MR) is 77.8 cm³/mol. The van der Waals surface area contributed by atoms with E-state index in [9.17, 15) is 8.42 Å². The van der Waals surface area contributed by atoms with E-state index in [4.69, 9.17) is 16.3 Å². The predicted octanol–water partition coefficient (Wildman–Crippen LogP) is 1.29. The standard InChI is InChI=1S/C12H18ClN3O3S/c1-3-19-7-11-14-10(13)6-12(15-11)16-4-5-20(17,18)8-9(16)2/h6,9H,3-5,7-8H2,1-2H3. The fourth-order valence-electron chi connectivity index (χ4n) is 2.20. The Morgan fingerprint density at radius 2 is 2.25 bits per heavy atom. The van der Waals surface area contributed by atoms with E-state index in [1.54, 1.807) is 6.07 Å². The normalized spacial score (nSPS) is 21.9. The monoisotopic (exact) mass is 319 g/mol. The molecule has 0 radical (unpaired) electrons. The van der Waals surface area contributed by atoms with Crippen LogP contribution in [0.1, 0.15) is 19.7 Å². The molecule has 0 aliphatic carbocycles. The Balaban J connectivity index is 2.22. The second kappa shape index (κ2) is 6.24. The number of anilines is 1. The highest BCUT2D eigenvalue weighted by molar-refractivity contribution is 7.91. The van der Waals surface area contributed by atoms with Crippen LogP contribution < -0.4 is 4.90 Å². The second-order valence-corrected chi connectivity index (χ2v) is 7.37. The molecule has 1 aliphatic rings. The van der Waals surface area contributed by atoms with Gasteiger partial charge in [-0.15, -0.1) is 0 Å². The lowest BCUT2D eigenvalue weighted by molar-refractivity contribution is 0.128. The molecule has 0 amide bonds. The first-order valence-corrected chi connectivity index (χ1v) is 8.69. The van der Waals surface area contributed by atoms with Gasteiger partial charge < -0.3 is 9.64 Å². The van der Waals surface area contributed by atoms with Crippen molar-refractivity contribution in [2.45, 2.75) is 26.5 Å². The van der Waals surface area contributed by atoms with Crippen LogP contribution in [-0.4, -0.2) is 49.1 Å². The Morgan fingerprint density at radius 1 is 1.50 bits per heavy atom. The highest BCUT2D eigenvalue weighted by Crippen LogP contribution is 2.22. The van der Waals surface area contributed by atoms with E-state index in [0.29, 0.717) is 36.6 Å². The number of aromatic nitrogens is 2. The molecule has 1 aromatic heterocycles. The Hall–Kier alpha value is -0.920. The zero-order valence-corrected chi connectivity index (χ0v) is 13.1. The first-order chi connectivity index (χ1) is 9.41. The molecule has 0 saturated carbocycles. The van der Waals surface area contributed by atoms with Crippen LogP contribution in [0.5, 0.6) is 0 Å². The van der Waals surface area contributed by atoms with Crippen molar-refractivity contribution in [3.8, 4) is 0 Å². The van der Waals surface area contributed by atoms with Gasteiger partial charge in [0.1, 0.15) is 17.6 Å². The van der Waals surface area contributed by atoms with Gasteiger partial charge in [0.05, 0.1) is 11.5 Å². The smallest absolute Gasteiger partial charge is 0.158 e. The molecule has 0 N–H and O–H groups in total. The van der Waals surface area contributed by atoms with Crippen LogP contribution in [-0.2, 0) is 21.2 Å². The molecule has 1 unspecified atom stereocenters. The van der Waals surface area contributed by atoms with Gasteiger partial charge in [0.25, 0.3) is 0 Å². The quantitative estimate of drug-likeness (QED) is 0.779. The lowest BCUT2D eigenvalue weighted by Crippen LogP contribution is -2.47. The molecular formula is C12H18ClN3O3S. The van der Waals surface area contributed by atoms with Crippen LogP contribution in [0.3, 0.4) is 0 Å². The van der Waals surface area contributed by atoms with Gasteiger partial charge in [0.2, 0.25) is 0 Å². The van der Waals surface area contributed by atoms with Gasteiger partial charge in [0.15, 0.2) is 15.7 Å². The summed E-state index contributed by atoms with van der Waals surface area (Å²) in [6.45, 7) is 5.05. The minimum atomic E-state index is -2.95. The topological polar surface area (TPSA) is 72.4 Å². The summed E-state index contributed by atoms with van der Waals surface area (Å²) in [6.07, 6.45) is 0. The molecule has 1 aromatic rings. The fraction of sp³-hybridized carbons (Fsp3) is 0.667. The van der Waals surface area contributed by atoms with Crippen molar-refractivity contribution in [1.82, 2.24) is 9.97 Å². The first-order valence-electron chi connectivity index (χ1n) is 6.49. The molecular weight excluding hydrogens is 302 g/mol. The number of hydrogen-bond acceptors (Lipinski definition) is 6. The Labute approximate surface area is 124 Å². The van der Waals surface area contributed by atoms with Crippen molar-refractivity contribution in [2.24, 2.45) is 0 Å². The van der Waals surface area contributed by atoms with Crippen molar-refractivity contribution >= 4 is 27.3 Å². The molecule has 0 bridgehead atoms. The van der Waals surface area contributed by atoms with Crippen molar-refractivity contribution < 1.29 is 13.2 Å². The van der Waals surface area contributed by atoms with E-state index in [2.05, 4.69) is 9.97 Å². The molecule has 20 heavy (non-hydrogen) atoms. The van der Waals surface area contributed by atoms with Crippen LogP contribution in [0.2, 0.25) is 5.15 Å². The van der Waals surface area contributed by atoms with Gasteiger partial charge in [-0.2, -0.15) is 0 Å². The van der Waals surface area contributed by atoms with Crippen molar-refractivity contribution in [1.29, 1.82) is 0 Å². The van der Waals surface area contributed by atoms with Gasteiger partial charge in [-0.1, -0.05) is 11.6 Å². The minimum absolute atomic E-state index is 0.125. The van der Waals surface area contributed by atoms with Crippen LogP contribution >= 0.6 is 11.6 Å². The van der Waals surface area contributed by atoms with Crippen molar-refractivity contribution in [2.75, 3.05) is 29.6 Å². The van der Waals surface area contributed by atoms with Crippen LogP contribution in [0, 0.1) is 0 Å². The van der Waals surface area contributed by atoms with Crippen molar-refractivity contribution in [3.63, 3.8) is 0 Å². The summed E-state index contributed by atoms with van der Waals surface area (Å²) in [5.74, 6) is 1.44. The fourth-order valence-corrected chi connectivity index (χ4v) is 3.95. The molecule has 2 heterocycles. The summed E-state index contributed by atoms with van der Waals surface area (Å²) in [7, 11) is -2.95. The summed E-state index contributed by atoms with van der Waals surface area (Å²) in [6, 6.07) is 1.53. The Bertz CT molecular complexity index is 579. The SMILES string of the molecule is CCOCc1nc(Cl)cc(N2CCS(=O)(=O)CC2C)n1. The molecule has 1 atom stereocenters. The summed E-state index contributed by atoms with van der Waals surface area (Å²) in [4.78, 5) is 10.5. The molecule has 0 spiro atoms. The van der Waals surface area contributed by atoms with Gasteiger partial charge in [0, 0.05) is 25.3 Å². The molecule has 2 rings (SSSR count). The number of nitrogens with zero attached hydrogens (tertiary/aromatic N) is 3. The third kappa shape index (κ3) is 3.80. The second-order valence-electron chi connectivity index (χ2n) is 4.76. The van der Waals surface area contributed by atoms with E-state index in [1.165, 1.54) is 0 Å². The molecule has 0 aromatic carbocycles. The lowest BCUT2D eigenvalue weighted by Gasteiger charge is -2.34. The highest BCUT2D eigenvalue weighted by Gasteiger charge is 2.29. The molecule has 8 heteroatoms. The number of hydrogen-bond donors (Lipinski definition) is 0. The van der Waals surface area contributed by atoms with E-state index in [1.807, 2.05) is 18.7 Å². The van der Waals surface area contributed by atoms with Crippen molar-refractivity contribution in [3.05, 3.63) is 17.0 Å². The number of ether oxygens (including phenoxy) is 1. The number of sulfone groups is 1.